The molecule has 0 fully saturated rings. The standard InChI is InChI=1S/C35H37Cl2N3O6S/c1-5-38-35(42)31(20-25-9-7-6-8-10-25)39(22-26-13-17-29(36)30(37)19-26)34(41)23-40(27-14-18-32(45-3)33(21-27)46-4)47(43,44)28-15-11-24(2)12-16-28/h6-19,21,31H,5,20,22-23H2,1-4H3,(H,38,42). The van der Waals surface area contributed by atoms with E-state index in [1.165, 1.54) is 43.4 Å². The number of amides is 2. The molecular weight excluding hydrogens is 661 g/mol. The quantitative estimate of drug-likeness (QED) is 0.166. The van der Waals surface area contributed by atoms with Gasteiger partial charge in [-0.2, -0.15) is 0 Å². The maximum atomic E-state index is 14.6. The average molecular weight is 699 g/mol. The lowest BCUT2D eigenvalue weighted by Crippen LogP contribution is -2.53. The van der Waals surface area contributed by atoms with Gasteiger partial charge in [0.15, 0.2) is 11.5 Å². The highest BCUT2D eigenvalue weighted by molar-refractivity contribution is 7.92. The van der Waals surface area contributed by atoms with Crippen LogP contribution in [0.15, 0.2) is 95.9 Å². The number of anilines is 1. The van der Waals surface area contributed by atoms with E-state index in [2.05, 4.69) is 5.32 Å². The van der Waals surface area contributed by atoms with Crippen LogP contribution in [-0.2, 0) is 32.6 Å². The average Bonchev–Trinajstić information content (AvgIpc) is 3.07. The van der Waals surface area contributed by atoms with E-state index in [0.29, 0.717) is 22.9 Å². The number of ether oxygens (including phenoxy) is 2. The molecule has 4 aromatic rings. The Balaban J connectivity index is 1.85. The molecule has 0 aliphatic rings. The van der Waals surface area contributed by atoms with E-state index >= 15 is 0 Å². The van der Waals surface area contributed by atoms with Gasteiger partial charge in [0, 0.05) is 25.6 Å². The number of carbonyl (C=O) groups is 2. The van der Waals surface area contributed by atoms with Gasteiger partial charge in [-0.1, -0.05) is 77.3 Å². The molecule has 0 saturated heterocycles. The van der Waals surface area contributed by atoms with Gasteiger partial charge in [-0.05, 0) is 61.4 Å². The van der Waals surface area contributed by atoms with Gasteiger partial charge >= 0.3 is 0 Å². The molecule has 0 radical (unpaired) electrons. The normalized spacial score (nSPS) is 11.8. The SMILES string of the molecule is CCNC(=O)C(Cc1ccccc1)N(Cc1ccc(Cl)c(Cl)c1)C(=O)CN(c1ccc(OC)c(OC)c1)S(=O)(=O)c1ccc(C)cc1. The largest absolute Gasteiger partial charge is 0.493 e. The smallest absolute Gasteiger partial charge is 0.264 e. The van der Waals surface area contributed by atoms with E-state index in [9.17, 15) is 18.0 Å². The fourth-order valence-corrected chi connectivity index (χ4v) is 6.75. The molecule has 0 spiro atoms. The molecule has 0 aliphatic heterocycles. The molecule has 1 unspecified atom stereocenters. The number of hydrogen-bond donors (Lipinski definition) is 1. The van der Waals surface area contributed by atoms with Crippen LogP contribution in [0.25, 0.3) is 0 Å². The number of aryl methyl sites for hydroxylation is 1. The molecule has 4 aromatic carbocycles. The summed E-state index contributed by atoms with van der Waals surface area (Å²) < 4.78 is 40.4. The van der Waals surface area contributed by atoms with E-state index in [1.807, 2.05) is 37.3 Å². The van der Waals surface area contributed by atoms with Crippen LogP contribution in [0.3, 0.4) is 0 Å². The Kier molecular flexibility index (Phi) is 12.1. The van der Waals surface area contributed by atoms with Crippen LogP contribution in [0.1, 0.15) is 23.6 Å². The highest BCUT2D eigenvalue weighted by Gasteiger charge is 2.35. The molecular formula is C35H37Cl2N3O6S. The monoisotopic (exact) mass is 697 g/mol. The first-order valence-corrected chi connectivity index (χ1v) is 17.0. The summed E-state index contributed by atoms with van der Waals surface area (Å²) in [4.78, 5) is 29.6. The summed E-state index contributed by atoms with van der Waals surface area (Å²) >= 11 is 12.5. The molecule has 0 aliphatic carbocycles. The minimum absolute atomic E-state index is 0.00807. The van der Waals surface area contributed by atoms with Crippen LogP contribution in [-0.4, -0.2) is 58.5 Å². The Labute approximate surface area is 286 Å². The van der Waals surface area contributed by atoms with Gasteiger partial charge in [-0.3, -0.25) is 13.9 Å². The minimum Gasteiger partial charge on any atom is -0.493 e. The summed E-state index contributed by atoms with van der Waals surface area (Å²) in [5, 5.41) is 3.45. The summed E-state index contributed by atoms with van der Waals surface area (Å²) in [6, 6.07) is 24.2. The van der Waals surface area contributed by atoms with E-state index < -0.39 is 28.5 Å². The molecule has 9 nitrogen and oxygen atoms in total. The Morgan fingerprint density at radius 3 is 2.13 bits per heavy atom. The second kappa shape index (κ2) is 16.0. The van der Waals surface area contributed by atoms with Crippen molar-refractivity contribution in [3.8, 4) is 11.5 Å². The first-order valence-electron chi connectivity index (χ1n) is 14.8. The zero-order chi connectivity index (χ0) is 34.1. The fourth-order valence-electron chi connectivity index (χ4n) is 5.03. The molecule has 0 heterocycles. The molecule has 1 atom stereocenters. The van der Waals surface area contributed by atoms with Gasteiger partial charge in [0.1, 0.15) is 12.6 Å². The van der Waals surface area contributed by atoms with Crippen LogP contribution in [0.2, 0.25) is 10.0 Å². The van der Waals surface area contributed by atoms with Gasteiger partial charge in [-0.15, -0.1) is 0 Å². The Morgan fingerprint density at radius 2 is 1.51 bits per heavy atom. The molecule has 1 N–H and O–H groups in total. The maximum absolute atomic E-state index is 14.6. The van der Waals surface area contributed by atoms with Crippen molar-refractivity contribution in [2.75, 3.05) is 31.6 Å². The van der Waals surface area contributed by atoms with Crippen molar-refractivity contribution in [3.05, 3.63) is 118 Å². The minimum atomic E-state index is -4.29. The van der Waals surface area contributed by atoms with Crippen molar-refractivity contribution < 1.29 is 27.5 Å². The third-order valence-corrected chi connectivity index (χ3v) is 10.0. The van der Waals surface area contributed by atoms with Crippen LogP contribution < -0.4 is 19.1 Å². The predicted octanol–water partition coefficient (Wildman–Crippen LogP) is 6.29. The predicted molar refractivity (Wildman–Crippen MR) is 185 cm³/mol. The molecule has 0 bridgehead atoms. The highest BCUT2D eigenvalue weighted by atomic mass is 35.5. The third-order valence-electron chi connectivity index (χ3n) is 7.50. The number of hydrogen-bond acceptors (Lipinski definition) is 6. The summed E-state index contributed by atoms with van der Waals surface area (Å²) in [5.74, 6) is -0.341. The zero-order valence-corrected chi connectivity index (χ0v) is 28.9. The third kappa shape index (κ3) is 8.77. The zero-order valence-electron chi connectivity index (χ0n) is 26.6. The fraction of sp³-hybridized carbons (Fsp3) is 0.257. The van der Waals surface area contributed by atoms with Gasteiger partial charge in [-0.25, -0.2) is 8.42 Å². The first-order chi connectivity index (χ1) is 22.5. The van der Waals surface area contributed by atoms with Crippen molar-refractivity contribution in [2.24, 2.45) is 0 Å². The topological polar surface area (TPSA) is 105 Å². The summed E-state index contributed by atoms with van der Waals surface area (Å²) in [5.41, 5.74) is 2.47. The van der Waals surface area contributed by atoms with Crippen molar-refractivity contribution in [2.45, 2.75) is 37.8 Å². The van der Waals surface area contributed by atoms with Gasteiger partial charge in [0.25, 0.3) is 10.0 Å². The lowest BCUT2D eigenvalue weighted by Gasteiger charge is -2.34. The number of likely N-dealkylation sites (N-methyl/N-ethyl adjacent to an activating group) is 1. The van der Waals surface area contributed by atoms with E-state index in [4.69, 9.17) is 32.7 Å². The number of nitrogens with zero attached hydrogens (tertiary/aromatic N) is 2. The van der Waals surface area contributed by atoms with Gasteiger partial charge in [0.2, 0.25) is 11.8 Å². The second-order valence-corrected chi connectivity index (χ2v) is 13.4. The molecule has 47 heavy (non-hydrogen) atoms. The van der Waals surface area contributed by atoms with E-state index in [-0.39, 0.29) is 40.2 Å². The number of nitrogens with one attached hydrogen (secondary N) is 1. The molecule has 2 amide bonds. The first kappa shape index (κ1) is 35.6. The number of sulfonamides is 1. The number of methoxy groups -OCH3 is 2. The Hall–Kier alpha value is -4.25. The van der Waals surface area contributed by atoms with Crippen LogP contribution >= 0.6 is 23.2 Å². The van der Waals surface area contributed by atoms with Gasteiger partial charge < -0.3 is 19.7 Å². The van der Waals surface area contributed by atoms with Gasteiger partial charge in [0.05, 0.1) is 34.8 Å². The number of carbonyl (C=O) groups excluding carboxylic acids is 2. The molecule has 248 valence electrons. The van der Waals surface area contributed by atoms with Crippen LogP contribution in [0.5, 0.6) is 11.5 Å². The summed E-state index contributed by atoms with van der Waals surface area (Å²) in [6.07, 6.45) is 0.181. The van der Waals surface area contributed by atoms with Crippen molar-refractivity contribution in [1.82, 2.24) is 10.2 Å². The second-order valence-electron chi connectivity index (χ2n) is 10.7. The van der Waals surface area contributed by atoms with Crippen molar-refractivity contribution >= 4 is 50.7 Å². The lowest BCUT2D eigenvalue weighted by molar-refractivity contribution is -0.140. The van der Waals surface area contributed by atoms with E-state index in [1.54, 1.807) is 43.3 Å². The number of rotatable bonds is 14. The van der Waals surface area contributed by atoms with Crippen LogP contribution in [0, 0.1) is 6.92 Å². The van der Waals surface area contributed by atoms with Crippen LogP contribution in [0.4, 0.5) is 5.69 Å². The van der Waals surface area contributed by atoms with Crippen molar-refractivity contribution in [3.63, 3.8) is 0 Å². The molecule has 4 rings (SSSR count). The molecule has 0 aromatic heterocycles. The Morgan fingerprint density at radius 1 is 0.830 bits per heavy atom. The maximum Gasteiger partial charge on any atom is 0.264 e. The lowest BCUT2D eigenvalue weighted by atomic mass is 10.0. The molecule has 0 saturated carbocycles. The molecule has 12 heteroatoms. The number of halogens is 2. The summed E-state index contributed by atoms with van der Waals surface area (Å²) in [6.45, 7) is 3.29. The highest BCUT2D eigenvalue weighted by Crippen LogP contribution is 2.34. The number of benzene rings is 4. The van der Waals surface area contributed by atoms with E-state index in [0.717, 1.165) is 15.4 Å². The summed E-state index contributed by atoms with van der Waals surface area (Å²) in [7, 11) is -1.39. The Bertz CT molecular complexity index is 1800. The van der Waals surface area contributed by atoms with Crippen molar-refractivity contribution in [1.29, 1.82) is 0 Å².